The Bertz CT molecular complexity index is 542. The van der Waals surface area contributed by atoms with Crippen molar-refractivity contribution in [3.63, 3.8) is 0 Å². The lowest BCUT2D eigenvalue weighted by Gasteiger charge is -2.38. The minimum Gasteiger partial charge on any atom is -0.409 e. The van der Waals surface area contributed by atoms with Gasteiger partial charge < -0.3 is 15.8 Å². The van der Waals surface area contributed by atoms with E-state index in [2.05, 4.69) is 39.8 Å². The molecule has 2 rings (SSSR count). The van der Waals surface area contributed by atoms with Crippen LogP contribution in [0.5, 0.6) is 0 Å². The average Bonchev–Trinajstić information content (AvgIpc) is 2.49. The summed E-state index contributed by atoms with van der Waals surface area (Å²) < 4.78 is 14.7. The zero-order chi connectivity index (χ0) is 15.6. The maximum absolute atomic E-state index is 14.5. The first-order valence-corrected chi connectivity index (χ1v) is 7.70. The fraction of sp³-hybridized carbons (Fsp3) is 0.500. The largest absolute Gasteiger partial charge is 0.409 e. The van der Waals surface area contributed by atoms with Crippen LogP contribution in [0.25, 0.3) is 0 Å². The Hall–Kier alpha value is -1.34. The first-order valence-electron chi connectivity index (χ1n) is 6.90. The number of halogens is 2. The lowest BCUT2D eigenvalue weighted by molar-refractivity contribution is 0.209. The van der Waals surface area contributed by atoms with Gasteiger partial charge in [0.1, 0.15) is 0 Å². The van der Waals surface area contributed by atoms with E-state index >= 15 is 0 Å². The third kappa shape index (κ3) is 3.29. The summed E-state index contributed by atoms with van der Waals surface area (Å²) in [6, 6.07) is 3.84. The number of rotatable bonds is 3. The summed E-state index contributed by atoms with van der Waals surface area (Å²) >= 11 is 3.19. The summed E-state index contributed by atoms with van der Waals surface area (Å²) in [5.41, 5.74) is 6.42. The Morgan fingerprint density at radius 2 is 1.95 bits per heavy atom. The molecule has 0 aliphatic carbocycles. The van der Waals surface area contributed by atoms with E-state index in [1.807, 2.05) is 4.90 Å². The van der Waals surface area contributed by atoms with E-state index in [1.165, 1.54) is 0 Å². The van der Waals surface area contributed by atoms with Crippen LogP contribution < -0.4 is 10.6 Å². The highest BCUT2D eigenvalue weighted by Gasteiger charge is 2.23. The van der Waals surface area contributed by atoms with E-state index in [9.17, 15) is 4.39 Å². The highest BCUT2D eigenvalue weighted by atomic mass is 79.9. The SMILES string of the molecule is CC(C)N1CCN(c2ccc(/C(N)=N/O)c(Br)c2F)CC1. The molecule has 1 fully saturated rings. The van der Waals surface area contributed by atoms with E-state index < -0.39 is 0 Å². The lowest BCUT2D eigenvalue weighted by Crippen LogP contribution is -2.49. The van der Waals surface area contributed by atoms with Gasteiger partial charge >= 0.3 is 0 Å². The Kier molecular flexibility index (Phi) is 5.05. The van der Waals surface area contributed by atoms with Crippen LogP contribution in [0.4, 0.5) is 10.1 Å². The van der Waals surface area contributed by atoms with Gasteiger partial charge in [-0.1, -0.05) is 5.16 Å². The standard InChI is InChI=1S/C14H20BrFN4O/c1-9(2)19-5-7-20(8-6-19)11-4-3-10(14(17)18-21)12(15)13(11)16/h3-4,9,21H,5-8H2,1-2H3,(H2,17,18). The molecule has 0 amide bonds. The van der Waals surface area contributed by atoms with Crippen LogP contribution in [-0.4, -0.2) is 48.2 Å². The van der Waals surface area contributed by atoms with Crippen LogP contribution in [0.3, 0.4) is 0 Å². The molecular formula is C14H20BrFN4O. The van der Waals surface area contributed by atoms with Crippen LogP contribution in [0.1, 0.15) is 19.4 Å². The van der Waals surface area contributed by atoms with Gasteiger partial charge in [-0.2, -0.15) is 0 Å². The van der Waals surface area contributed by atoms with Crippen molar-refractivity contribution in [2.24, 2.45) is 10.9 Å². The third-order valence-electron chi connectivity index (χ3n) is 3.83. The molecule has 0 saturated carbocycles. The van der Waals surface area contributed by atoms with E-state index in [0.717, 1.165) is 26.2 Å². The van der Waals surface area contributed by atoms with Crippen LogP contribution >= 0.6 is 15.9 Å². The molecule has 1 aliphatic rings. The zero-order valence-electron chi connectivity index (χ0n) is 12.2. The van der Waals surface area contributed by atoms with Crippen molar-refractivity contribution in [3.05, 3.63) is 28.0 Å². The van der Waals surface area contributed by atoms with Crippen molar-refractivity contribution >= 4 is 27.5 Å². The van der Waals surface area contributed by atoms with Gasteiger partial charge in [-0.05, 0) is 41.9 Å². The predicted molar refractivity (Wildman–Crippen MR) is 85.5 cm³/mol. The molecule has 0 radical (unpaired) electrons. The second kappa shape index (κ2) is 6.62. The predicted octanol–water partition coefficient (Wildman–Crippen LogP) is 2.21. The molecule has 0 aromatic heterocycles. The zero-order valence-corrected chi connectivity index (χ0v) is 13.8. The summed E-state index contributed by atoms with van der Waals surface area (Å²) in [6.07, 6.45) is 0. The van der Waals surface area contributed by atoms with E-state index in [1.54, 1.807) is 12.1 Å². The van der Waals surface area contributed by atoms with Gasteiger partial charge in [-0.3, -0.25) is 4.90 Å². The second-order valence-electron chi connectivity index (χ2n) is 5.36. The van der Waals surface area contributed by atoms with Gasteiger partial charge in [0.05, 0.1) is 10.2 Å². The van der Waals surface area contributed by atoms with Crippen LogP contribution in [0.15, 0.2) is 21.8 Å². The van der Waals surface area contributed by atoms with Gasteiger partial charge in [0.25, 0.3) is 0 Å². The van der Waals surface area contributed by atoms with Gasteiger partial charge in [0.15, 0.2) is 11.7 Å². The average molecular weight is 359 g/mol. The Balaban J connectivity index is 2.21. The number of hydrogen-bond donors (Lipinski definition) is 2. The molecule has 1 aliphatic heterocycles. The normalized spacial score (nSPS) is 17.6. The van der Waals surface area contributed by atoms with Gasteiger partial charge in [-0.25, -0.2) is 4.39 Å². The molecule has 1 aromatic rings. The van der Waals surface area contributed by atoms with Crippen LogP contribution in [-0.2, 0) is 0 Å². The first-order chi connectivity index (χ1) is 9.95. The molecule has 0 unspecified atom stereocenters. The molecule has 0 spiro atoms. The topological polar surface area (TPSA) is 65.1 Å². The number of oxime groups is 1. The number of piperazine rings is 1. The highest BCUT2D eigenvalue weighted by Crippen LogP contribution is 2.30. The fourth-order valence-corrected chi connectivity index (χ4v) is 3.05. The molecule has 1 heterocycles. The Labute approximate surface area is 132 Å². The van der Waals surface area contributed by atoms with Crippen molar-refractivity contribution in [2.45, 2.75) is 19.9 Å². The monoisotopic (exact) mass is 358 g/mol. The molecule has 21 heavy (non-hydrogen) atoms. The molecule has 1 saturated heterocycles. The van der Waals surface area contributed by atoms with Gasteiger partial charge in [0.2, 0.25) is 0 Å². The van der Waals surface area contributed by atoms with Crippen molar-refractivity contribution in [3.8, 4) is 0 Å². The highest BCUT2D eigenvalue weighted by molar-refractivity contribution is 9.10. The molecule has 1 aromatic carbocycles. The first kappa shape index (κ1) is 16.0. The third-order valence-corrected chi connectivity index (χ3v) is 4.61. The fourth-order valence-electron chi connectivity index (χ4n) is 2.51. The number of amidine groups is 1. The maximum Gasteiger partial charge on any atom is 0.171 e. The molecule has 0 atom stereocenters. The van der Waals surface area contributed by atoms with Crippen LogP contribution in [0, 0.1) is 5.82 Å². The number of hydrogen-bond acceptors (Lipinski definition) is 4. The number of benzene rings is 1. The van der Waals surface area contributed by atoms with Crippen molar-refractivity contribution < 1.29 is 9.60 Å². The Morgan fingerprint density at radius 3 is 2.48 bits per heavy atom. The van der Waals surface area contributed by atoms with E-state index in [0.29, 0.717) is 17.3 Å². The van der Waals surface area contributed by atoms with Crippen molar-refractivity contribution in [1.82, 2.24) is 4.90 Å². The summed E-state index contributed by atoms with van der Waals surface area (Å²) in [6.45, 7) is 7.72. The molecule has 5 nitrogen and oxygen atoms in total. The smallest absolute Gasteiger partial charge is 0.171 e. The number of nitrogens with zero attached hydrogens (tertiary/aromatic N) is 3. The molecule has 3 N–H and O–H groups in total. The minimum absolute atomic E-state index is 0.114. The minimum atomic E-state index is -0.378. The van der Waals surface area contributed by atoms with Crippen LogP contribution in [0.2, 0.25) is 0 Å². The summed E-state index contributed by atoms with van der Waals surface area (Å²) in [7, 11) is 0. The van der Waals surface area contributed by atoms with E-state index in [-0.39, 0.29) is 16.1 Å². The summed E-state index contributed by atoms with van der Waals surface area (Å²) in [4.78, 5) is 4.39. The maximum atomic E-state index is 14.5. The second-order valence-corrected chi connectivity index (χ2v) is 6.16. The van der Waals surface area contributed by atoms with Gasteiger partial charge in [-0.15, -0.1) is 0 Å². The summed E-state index contributed by atoms with van der Waals surface area (Å²) in [5, 5.41) is 11.6. The summed E-state index contributed by atoms with van der Waals surface area (Å²) in [5.74, 6) is -0.492. The Morgan fingerprint density at radius 1 is 1.33 bits per heavy atom. The molecule has 116 valence electrons. The van der Waals surface area contributed by atoms with Crippen molar-refractivity contribution in [1.29, 1.82) is 0 Å². The van der Waals surface area contributed by atoms with E-state index in [4.69, 9.17) is 10.9 Å². The molecule has 0 bridgehead atoms. The number of nitrogens with two attached hydrogens (primary N) is 1. The quantitative estimate of drug-likeness (QED) is 0.376. The lowest BCUT2D eigenvalue weighted by atomic mass is 10.1. The molecule has 7 heteroatoms. The van der Waals surface area contributed by atoms with Crippen molar-refractivity contribution in [2.75, 3.05) is 31.1 Å². The van der Waals surface area contributed by atoms with Gasteiger partial charge in [0, 0.05) is 37.8 Å². The molecular weight excluding hydrogens is 339 g/mol. The number of anilines is 1.